The Hall–Kier alpha value is -0.380. The molecule has 0 aliphatic carbocycles. The predicted octanol–water partition coefficient (Wildman–Crippen LogP) is 6.37. The molecule has 0 aliphatic rings. The van der Waals surface area contributed by atoms with Crippen LogP contribution in [0.3, 0.4) is 0 Å². The van der Waals surface area contributed by atoms with Gasteiger partial charge in [-0.15, -0.1) is 17.0 Å². The van der Waals surface area contributed by atoms with Gasteiger partial charge in [0.2, 0.25) is 0 Å². The molecule has 0 aromatic heterocycles. The second kappa shape index (κ2) is 21.7. The molecule has 2 nitrogen and oxygen atoms in total. The van der Waals surface area contributed by atoms with Gasteiger partial charge in [-0.25, -0.2) is 0 Å². The number of hydrogen-bond donors (Lipinski definition) is 2. The van der Waals surface area contributed by atoms with Gasteiger partial charge in [0.1, 0.15) is 0 Å². The first-order chi connectivity index (χ1) is 11.7. The van der Waals surface area contributed by atoms with Crippen LogP contribution in [0.15, 0.2) is 24.3 Å². The largest absolute Gasteiger partial charge is 0.395 e. The fourth-order valence-electron chi connectivity index (χ4n) is 2.58. The molecule has 3 heteroatoms. The van der Waals surface area contributed by atoms with E-state index in [0.717, 1.165) is 13.1 Å². The van der Waals surface area contributed by atoms with Crippen molar-refractivity contribution in [2.24, 2.45) is 0 Å². The minimum Gasteiger partial charge on any atom is -0.395 e. The highest BCUT2D eigenvalue weighted by Crippen LogP contribution is 2.10. The molecule has 1 rings (SSSR count). The van der Waals surface area contributed by atoms with Crippen LogP contribution in [-0.2, 0) is 0 Å². The Balaban J connectivity index is 0. The van der Waals surface area contributed by atoms with E-state index < -0.39 is 0 Å². The number of aliphatic hydroxyl groups excluding tert-OH is 1. The van der Waals surface area contributed by atoms with Crippen LogP contribution in [0.2, 0.25) is 0 Å². The lowest BCUT2D eigenvalue weighted by Gasteiger charge is -2.03. The van der Waals surface area contributed by atoms with Gasteiger partial charge in [0.25, 0.3) is 0 Å². The lowest BCUT2D eigenvalue weighted by Crippen LogP contribution is -2.19. The third-order valence-corrected chi connectivity index (χ3v) is 4.21. The number of halogens is 1. The molecule has 148 valence electrons. The van der Waals surface area contributed by atoms with Gasteiger partial charge in [-0.05, 0) is 26.8 Å². The third-order valence-electron chi connectivity index (χ3n) is 4.21. The summed E-state index contributed by atoms with van der Waals surface area (Å²) in [5.74, 6) is 0. The van der Waals surface area contributed by atoms with E-state index in [1.165, 1.54) is 75.3 Å². The number of benzene rings is 1. The van der Waals surface area contributed by atoms with Crippen LogP contribution in [0.5, 0.6) is 0 Å². The molecule has 25 heavy (non-hydrogen) atoms. The van der Waals surface area contributed by atoms with Gasteiger partial charge in [0.05, 0.1) is 6.61 Å². The van der Waals surface area contributed by atoms with Crippen molar-refractivity contribution in [3.63, 3.8) is 0 Å². The van der Waals surface area contributed by atoms with Gasteiger partial charge in [0, 0.05) is 6.54 Å². The molecule has 0 aliphatic heterocycles. The van der Waals surface area contributed by atoms with Crippen LogP contribution in [0.1, 0.15) is 82.3 Å². The molecule has 0 radical (unpaired) electrons. The average molecular weight is 416 g/mol. The highest BCUT2D eigenvalue weighted by Gasteiger charge is 1.92. The van der Waals surface area contributed by atoms with Crippen molar-refractivity contribution in [3.05, 3.63) is 35.4 Å². The van der Waals surface area contributed by atoms with Crippen LogP contribution < -0.4 is 5.32 Å². The van der Waals surface area contributed by atoms with E-state index in [9.17, 15) is 0 Å². The number of rotatable bonds is 13. The van der Waals surface area contributed by atoms with E-state index >= 15 is 0 Å². The molecule has 0 saturated carbocycles. The van der Waals surface area contributed by atoms with E-state index in [1.54, 1.807) is 0 Å². The van der Waals surface area contributed by atoms with Crippen molar-refractivity contribution < 1.29 is 5.11 Å². The van der Waals surface area contributed by atoms with E-state index in [2.05, 4.69) is 50.4 Å². The molecule has 1 aromatic rings. The Morgan fingerprint density at radius 1 is 0.680 bits per heavy atom. The van der Waals surface area contributed by atoms with Crippen molar-refractivity contribution in [2.75, 3.05) is 19.7 Å². The summed E-state index contributed by atoms with van der Waals surface area (Å²) in [5, 5.41) is 11.8. The van der Waals surface area contributed by atoms with Crippen LogP contribution in [0.25, 0.3) is 0 Å². The SMILES string of the molecule is Br.CCCCCCCCCCCCNCCO.Cc1ccc(C)cc1. The average Bonchev–Trinajstić information content (AvgIpc) is 2.59. The molecule has 0 unspecified atom stereocenters. The summed E-state index contributed by atoms with van der Waals surface area (Å²) in [6.07, 6.45) is 13.9. The van der Waals surface area contributed by atoms with E-state index in [-0.39, 0.29) is 23.6 Å². The normalized spacial score (nSPS) is 9.92. The maximum absolute atomic E-state index is 8.57. The van der Waals surface area contributed by atoms with Crippen LogP contribution in [0, 0.1) is 13.8 Å². The molecule has 0 bridgehead atoms. The zero-order valence-electron chi connectivity index (χ0n) is 16.9. The van der Waals surface area contributed by atoms with Crippen LogP contribution >= 0.6 is 17.0 Å². The number of aliphatic hydroxyl groups is 1. The molecule has 0 amide bonds. The summed E-state index contributed by atoms with van der Waals surface area (Å²) in [4.78, 5) is 0. The van der Waals surface area contributed by atoms with Crippen molar-refractivity contribution in [2.45, 2.75) is 85.0 Å². The van der Waals surface area contributed by atoms with Gasteiger partial charge in [-0.3, -0.25) is 0 Å². The summed E-state index contributed by atoms with van der Waals surface area (Å²) >= 11 is 0. The Morgan fingerprint density at radius 2 is 1.08 bits per heavy atom. The first-order valence-corrected chi connectivity index (χ1v) is 10.1. The number of unbranched alkanes of at least 4 members (excludes halogenated alkanes) is 9. The van der Waals surface area contributed by atoms with E-state index in [0.29, 0.717) is 0 Å². The Morgan fingerprint density at radius 3 is 1.48 bits per heavy atom. The zero-order chi connectivity index (χ0) is 17.9. The predicted molar refractivity (Wildman–Crippen MR) is 118 cm³/mol. The highest BCUT2D eigenvalue weighted by atomic mass is 79.9. The Kier molecular flexibility index (Phi) is 23.3. The lowest BCUT2D eigenvalue weighted by molar-refractivity contribution is 0.292. The highest BCUT2D eigenvalue weighted by molar-refractivity contribution is 8.93. The Bertz CT molecular complexity index is 319. The van der Waals surface area contributed by atoms with Crippen molar-refractivity contribution in [3.8, 4) is 0 Å². The molecular formula is C22H42BrNO. The smallest absolute Gasteiger partial charge is 0.0555 e. The number of hydrogen-bond acceptors (Lipinski definition) is 2. The quantitative estimate of drug-likeness (QED) is 0.366. The lowest BCUT2D eigenvalue weighted by atomic mass is 10.1. The van der Waals surface area contributed by atoms with Crippen LogP contribution in [-0.4, -0.2) is 24.8 Å². The standard InChI is InChI=1S/C14H31NO.C8H10.BrH/c1-2-3-4-5-6-7-8-9-10-11-12-15-13-14-16;1-7-3-5-8(2)6-4-7;/h15-16H,2-14H2,1H3;3-6H,1-2H3;1H. The fourth-order valence-corrected chi connectivity index (χ4v) is 2.58. The van der Waals surface area contributed by atoms with Crippen molar-refractivity contribution in [1.29, 1.82) is 0 Å². The molecule has 0 saturated heterocycles. The minimum atomic E-state index is 0. The molecule has 0 heterocycles. The molecule has 0 fully saturated rings. The minimum absolute atomic E-state index is 0. The molecule has 1 aromatic carbocycles. The maximum atomic E-state index is 8.57. The van der Waals surface area contributed by atoms with E-state index in [1.807, 2.05) is 0 Å². The summed E-state index contributed by atoms with van der Waals surface area (Å²) in [6.45, 7) is 8.54. The number of aryl methyl sites for hydroxylation is 2. The van der Waals surface area contributed by atoms with Gasteiger partial charge >= 0.3 is 0 Å². The molecule has 0 spiro atoms. The summed E-state index contributed by atoms with van der Waals surface area (Å²) in [5.41, 5.74) is 2.66. The van der Waals surface area contributed by atoms with Gasteiger partial charge < -0.3 is 10.4 Å². The topological polar surface area (TPSA) is 32.3 Å². The third kappa shape index (κ3) is 21.6. The summed E-state index contributed by atoms with van der Waals surface area (Å²) < 4.78 is 0. The summed E-state index contributed by atoms with van der Waals surface area (Å²) in [7, 11) is 0. The molecular weight excluding hydrogens is 374 g/mol. The Labute approximate surface area is 167 Å². The second-order valence-electron chi connectivity index (χ2n) is 6.81. The van der Waals surface area contributed by atoms with Crippen molar-refractivity contribution >= 4 is 17.0 Å². The van der Waals surface area contributed by atoms with Gasteiger partial charge in [0.15, 0.2) is 0 Å². The molecule has 0 atom stereocenters. The fraction of sp³-hybridized carbons (Fsp3) is 0.727. The van der Waals surface area contributed by atoms with Gasteiger partial charge in [-0.1, -0.05) is 100 Å². The summed E-state index contributed by atoms with van der Waals surface area (Å²) in [6, 6.07) is 8.48. The second-order valence-corrected chi connectivity index (χ2v) is 6.81. The first kappa shape index (κ1) is 26.8. The number of nitrogens with one attached hydrogen (secondary N) is 1. The first-order valence-electron chi connectivity index (χ1n) is 10.1. The van der Waals surface area contributed by atoms with Crippen LogP contribution in [0.4, 0.5) is 0 Å². The monoisotopic (exact) mass is 415 g/mol. The van der Waals surface area contributed by atoms with E-state index in [4.69, 9.17) is 5.11 Å². The zero-order valence-corrected chi connectivity index (χ0v) is 18.6. The van der Waals surface area contributed by atoms with Gasteiger partial charge in [-0.2, -0.15) is 0 Å². The maximum Gasteiger partial charge on any atom is 0.0555 e. The van der Waals surface area contributed by atoms with Crippen molar-refractivity contribution in [1.82, 2.24) is 5.32 Å². The molecule has 2 N–H and O–H groups in total.